The Labute approximate surface area is 167 Å². The van der Waals surface area contributed by atoms with Gasteiger partial charge in [-0.15, -0.1) is 0 Å². The number of aryl methyl sites for hydroxylation is 1. The molecule has 3 rings (SSSR count). The van der Waals surface area contributed by atoms with Crippen LogP contribution in [0.15, 0.2) is 33.9 Å². The Hall–Kier alpha value is -2.21. The SMILES string of the molecule is CCOC(=O)c1c(C)nc2c(c1-c1cccc(Br)c1)/C(=N/O)CC(C)(C)C2. The van der Waals surface area contributed by atoms with Crippen molar-refractivity contribution in [3.63, 3.8) is 0 Å². The summed E-state index contributed by atoms with van der Waals surface area (Å²) in [5, 5.41) is 13.3. The highest BCUT2D eigenvalue weighted by atomic mass is 79.9. The minimum Gasteiger partial charge on any atom is -0.462 e. The summed E-state index contributed by atoms with van der Waals surface area (Å²) in [4.78, 5) is 17.5. The molecule has 27 heavy (non-hydrogen) atoms. The Bertz CT molecular complexity index is 935. The van der Waals surface area contributed by atoms with Gasteiger partial charge in [0.05, 0.1) is 29.3 Å². The number of rotatable bonds is 3. The maximum absolute atomic E-state index is 12.8. The van der Waals surface area contributed by atoms with Crippen LogP contribution in [0.25, 0.3) is 11.1 Å². The predicted octanol–water partition coefficient (Wildman–Crippen LogP) is 5.15. The summed E-state index contributed by atoms with van der Waals surface area (Å²) in [6.45, 7) is 8.12. The van der Waals surface area contributed by atoms with E-state index in [2.05, 4.69) is 34.9 Å². The second-order valence-corrected chi connectivity index (χ2v) is 8.48. The average Bonchev–Trinajstić information content (AvgIpc) is 2.59. The highest BCUT2D eigenvalue weighted by molar-refractivity contribution is 9.10. The number of ether oxygens (including phenoxy) is 1. The number of hydrogen-bond acceptors (Lipinski definition) is 5. The molecular formula is C21H23BrN2O3. The van der Waals surface area contributed by atoms with Crippen molar-refractivity contribution < 1.29 is 14.7 Å². The molecule has 1 aliphatic carbocycles. The number of fused-ring (bicyclic) bond motifs is 1. The zero-order valence-corrected chi connectivity index (χ0v) is 17.6. The van der Waals surface area contributed by atoms with Crippen LogP contribution < -0.4 is 0 Å². The Morgan fingerprint density at radius 1 is 1.33 bits per heavy atom. The maximum Gasteiger partial charge on any atom is 0.340 e. The van der Waals surface area contributed by atoms with Crippen LogP contribution >= 0.6 is 15.9 Å². The molecule has 1 aromatic heterocycles. The van der Waals surface area contributed by atoms with Gasteiger partial charge in [-0.05, 0) is 49.8 Å². The van der Waals surface area contributed by atoms with Gasteiger partial charge >= 0.3 is 5.97 Å². The van der Waals surface area contributed by atoms with Crippen LogP contribution in [0.1, 0.15) is 54.5 Å². The zero-order valence-electron chi connectivity index (χ0n) is 16.0. The first-order chi connectivity index (χ1) is 12.8. The van der Waals surface area contributed by atoms with Crippen molar-refractivity contribution in [2.45, 2.75) is 40.5 Å². The number of nitrogens with zero attached hydrogens (tertiary/aromatic N) is 2. The van der Waals surface area contributed by atoms with Gasteiger partial charge in [-0.1, -0.05) is 47.1 Å². The second-order valence-electron chi connectivity index (χ2n) is 7.56. The molecule has 6 heteroatoms. The normalized spacial score (nSPS) is 16.9. The molecule has 0 radical (unpaired) electrons. The number of oxime groups is 1. The van der Waals surface area contributed by atoms with E-state index in [1.54, 1.807) is 6.92 Å². The number of benzene rings is 1. The molecule has 0 saturated carbocycles. The van der Waals surface area contributed by atoms with Gasteiger partial charge in [0.2, 0.25) is 0 Å². The minimum absolute atomic E-state index is 0.0754. The van der Waals surface area contributed by atoms with E-state index in [4.69, 9.17) is 9.72 Å². The van der Waals surface area contributed by atoms with Gasteiger partial charge in [0.1, 0.15) is 0 Å². The van der Waals surface area contributed by atoms with Gasteiger partial charge in [0.15, 0.2) is 0 Å². The van der Waals surface area contributed by atoms with E-state index in [-0.39, 0.29) is 12.0 Å². The predicted molar refractivity (Wildman–Crippen MR) is 108 cm³/mol. The monoisotopic (exact) mass is 430 g/mol. The fourth-order valence-corrected chi connectivity index (χ4v) is 4.13. The molecule has 0 aliphatic heterocycles. The Morgan fingerprint density at radius 3 is 2.70 bits per heavy atom. The summed E-state index contributed by atoms with van der Waals surface area (Å²) >= 11 is 3.51. The lowest BCUT2D eigenvalue weighted by Crippen LogP contribution is -2.30. The van der Waals surface area contributed by atoms with Crippen LogP contribution in [0.2, 0.25) is 0 Å². The smallest absolute Gasteiger partial charge is 0.340 e. The highest BCUT2D eigenvalue weighted by Crippen LogP contribution is 2.41. The van der Waals surface area contributed by atoms with Crippen molar-refractivity contribution in [2.75, 3.05) is 6.61 Å². The van der Waals surface area contributed by atoms with Crippen LogP contribution in [-0.4, -0.2) is 28.5 Å². The molecule has 0 saturated heterocycles. The number of hydrogen-bond donors (Lipinski definition) is 1. The quantitative estimate of drug-likeness (QED) is 0.415. The number of halogens is 1. The topological polar surface area (TPSA) is 71.8 Å². The summed E-state index contributed by atoms with van der Waals surface area (Å²) in [6.07, 6.45) is 1.34. The average molecular weight is 431 g/mol. The third-order valence-electron chi connectivity index (χ3n) is 4.75. The van der Waals surface area contributed by atoms with E-state index in [0.717, 1.165) is 33.3 Å². The standard InChI is InChI=1S/C21H23BrN2O3/c1-5-27-20(25)17-12(2)23-15-10-21(3,4)11-16(24-26)19(15)18(17)13-7-6-8-14(22)9-13/h6-9,26H,5,10-11H2,1-4H3/b24-16+. The Balaban J connectivity index is 2.40. The summed E-state index contributed by atoms with van der Waals surface area (Å²) in [7, 11) is 0. The van der Waals surface area contributed by atoms with Crippen LogP contribution in [-0.2, 0) is 11.2 Å². The molecule has 142 valence electrons. The van der Waals surface area contributed by atoms with Crippen molar-refractivity contribution in [3.05, 3.63) is 51.3 Å². The van der Waals surface area contributed by atoms with E-state index in [9.17, 15) is 10.0 Å². The third-order valence-corrected chi connectivity index (χ3v) is 5.24. The molecule has 1 aliphatic rings. The van der Waals surface area contributed by atoms with Crippen molar-refractivity contribution in [2.24, 2.45) is 10.6 Å². The summed E-state index contributed by atoms with van der Waals surface area (Å²) in [5.74, 6) is -0.414. The molecular weight excluding hydrogens is 408 g/mol. The van der Waals surface area contributed by atoms with Crippen molar-refractivity contribution in [3.8, 4) is 11.1 Å². The number of carbonyl (C=O) groups is 1. The highest BCUT2D eigenvalue weighted by Gasteiger charge is 2.36. The number of esters is 1. The first-order valence-corrected chi connectivity index (χ1v) is 9.74. The van der Waals surface area contributed by atoms with E-state index < -0.39 is 5.97 Å². The molecule has 1 aromatic carbocycles. The van der Waals surface area contributed by atoms with Crippen LogP contribution in [0.3, 0.4) is 0 Å². The minimum atomic E-state index is -0.414. The van der Waals surface area contributed by atoms with E-state index >= 15 is 0 Å². The number of aromatic nitrogens is 1. The van der Waals surface area contributed by atoms with Crippen molar-refractivity contribution in [1.29, 1.82) is 0 Å². The molecule has 0 amide bonds. The molecule has 0 unspecified atom stereocenters. The lowest BCUT2D eigenvalue weighted by molar-refractivity contribution is 0.0526. The van der Waals surface area contributed by atoms with Crippen molar-refractivity contribution >= 4 is 27.6 Å². The Kier molecular flexibility index (Phi) is 5.38. The van der Waals surface area contributed by atoms with E-state index in [1.165, 1.54) is 0 Å². The zero-order chi connectivity index (χ0) is 19.8. The molecule has 0 fully saturated rings. The largest absolute Gasteiger partial charge is 0.462 e. The van der Waals surface area contributed by atoms with Gasteiger partial charge in [-0.25, -0.2) is 4.79 Å². The summed E-state index contributed by atoms with van der Waals surface area (Å²) in [6, 6.07) is 7.74. The van der Waals surface area contributed by atoms with Gasteiger partial charge < -0.3 is 9.94 Å². The van der Waals surface area contributed by atoms with Crippen LogP contribution in [0, 0.1) is 12.3 Å². The molecule has 2 aromatic rings. The molecule has 1 heterocycles. The molecule has 0 atom stereocenters. The van der Waals surface area contributed by atoms with Gasteiger partial charge in [-0.3, -0.25) is 4.98 Å². The van der Waals surface area contributed by atoms with Crippen LogP contribution in [0.4, 0.5) is 0 Å². The fourth-order valence-electron chi connectivity index (χ4n) is 3.73. The van der Waals surface area contributed by atoms with Gasteiger partial charge in [0, 0.05) is 15.6 Å². The summed E-state index contributed by atoms with van der Waals surface area (Å²) in [5.41, 5.74) is 4.69. The van der Waals surface area contributed by atoms with Gasteiger partial charge in [0.25, 0.3) is 0 Å². The molecule has 0 bridgehead atoms. The second kappa shape index (κ2) is 7.43. The lowest BCUT2D eigenvalue weighted by Gasteiger charge is -2.33. The third kappa shape index (κ3) is 3.76. The van der Waals surface area contributed by atoms with E-state index in [0.29, 0.717) is 23.4 Å². The van der Waals surface area contributed by atoms with E-state index in [1.807, 2.05) is 31.2 Å². The molecule has 5 nitrogen and oxygen atoms in total. The molecule has 1 N–H and O–H groups in total. The maximum atomic E-state index is 12.8. The number of pyridine rings is 1. The summed E-state index contributed by atoms with van der Waals surface area (Å²) < 4.78 is 6.21. The first kappa shape index (κ1) is 19.5. The first-order valence-electron chi connectivity index (χ1n) is 8.95. The van der Waals surface area contributed by atoms with Crippen LogP contribution in [0.5, 0.6) is 0 Å². The molecule has 0 spiro atoms. The fraction of sp³-hybridized carbons (Fsp3) is 0.381. The van der Waals surface area contributed by atoms with Gasteiger partial charge in [-0.2, -0.15) is 0 Å². The number of carbonyl (C=O) groups excluding carboxylic acids is 1. The lowest BCUT2D eigenvalue weighted by atomic mass is 9.73. The Morgan fingerprint density at radius 2 is 2.07 bits per heavy atom. The van der Waals surface area contributed by atoms with Crippen molar-refractivity contribution in [1.82, 2.24) is 4.98 Å².